The molecular formula is C19H16ClF5N2O4. The van der Waals surface area contributed by atoms with E-state index in [9.17, 15) is 26.7 Å². The fraction of sp³-hybridized carbons (Fsp3) is 0.158. The number of alkyl halides is 3. The number of ether oxygens (including phenoxy) is 1. The topological polar surface area (TPSA) is 102 Å². The molecule has 6 nitrogen and oxygen atoms in total. The Balaban J connectivity index is 0.000000592. The molecule has 1 amide bonds. The lowest BCUT2D eigenvalue weighted by Crippen LogP contribution is -2.21. The van der Waals surface area contributed by atoms with Crippen molar-refractivity contribution < 1.29 is 41.4 Å². The first-order chi connectivity index (χ1) is 14.5. The molecule has 0 radical (unpaired) electrons. The number of hydrogen-bond acceptors (Lipinski definition) is 4. The highest BCUT2D eigenvalue weighted by molar-refractivity contribution is 6.32. The molecule has 0 spiro atoms. The van der Waals surface area contributed by atoms with E-state index in [4.69, 9.17) is 32.0 Å². The molecule has 168 valence electrons. The average molecular weight is 467 g/mol. The quantitative estimate of drug-likeness (QED) is 0.542. The Morgan fingerprint density at radius 1 is 1.16 bits per heavy atom. The molecule has 0 unspecified atom stereocenters. The third-order valence-corrected chi connectivity index (χ3v) is 3.66. The minimum Gasteiger partial charge on any atom is -0.488 e. The highest BCUT2D eigenvalue weighted by atomic mass is 35.5. The van der Waals surface area contributed by atoms with Crippen LogP contribution in [0.25, 0.3) is 0 Å². The van der Waals surface area contributed by atoms with Crippen LogP contribution in [-0.4, -0.2) is 36.3 Å². The van der Waals surface area contributed by atoms with Gasteiger partial charge in [-0.05, 0) is 42.5 Å². The van der Waals surface area contributed by atoms with Crippen molar-refractivity contribution in [2.24, 2.45) is 5.73 Å². The van der Waals surface area contributed by atoms with Crippen LogP contribution in [0.15, 0.2) is 54.4 Å². The number of nitrogens with two attached hydrogens (primary N) is 1. The number of carboxylic acid groups (broad SMARTS) is 1. The standard InChI is InChI=1S/C17H15ClF2N2O2.C2HF3O2/c18-15-7-12(1-6-16(15)24-10-11(8-19)9-21)17(23)22-14-4-2-13(20)3-5-14;3-2(4,5)1(6)7/h1-8H,9-10,21H2,(H,22,23);(H,6,7). The van der Waals surface area contributed by atoms with Crippen molar-refractivity contribution in [3.05, 3.63) is 70.8 Å². The van der Waals surface area contributed by atoms with Crippen molar-refractivity contribution in [2.75, 3.05) is 18.5 Å². The summed E-state index contributed by atoms with van der Waals surface area (Å²) in [5.41, 5.74) is 6.38. The van der Waals surface area contributed by atoms with Crippen LogP contribution in [0.4, 0.5) is 27.6 Å². The van der Waals surface area contributed by atoms with Crippen LogP contribution in [0.5, 0.6) is 5.75 Å². The van der Waals surface area contributed by atoms with Gasteiger partial charge in [0.15, 0.2) is 0 Å². The van der Waals surface area contributed by atoms with Crippen LogP contribution in [0.3, 0.4) is 0 Å². The van der Waals surface area contributed by atoms with Crippen LogP contribution in [0.2, 0.25) is 5.02 Å². The molecule has 0 heterocycles. The van der Waals surface area contributed by atoms with Gasteiger partial charge >= 0.3 is 12.1 Å². The number of aliphatic carboxylic acids is 1. The van der Waals surface area contributed by atoms with Crippen LogP contribution in [0, 0.1) is 5.82 Å². The first-order valence-electron chi connectivity index (χ1n) is 8.25. The predicted molar refractivity (Wildman–Crippen MR) is 103 cm³/mol. The lowest BCUT2D eigenvalue weighted by molar-refractivity contribution is -0.192. The van der Waals surface area contributed by atoms with Crippen molar-refractivity contribution in [2.45, 2.75) is 6.18 Å². The number of carboxylic acids is 1. The van der Waals surface area contributed by atoms with Gasteiger partial charge in [0.2, 0.25) is 0 Å². The van der Waals surface area contributed by atoms with Crippen molar-refractivity contribution >= 4 is 29.2 Å². The second-order valence-corrected chi connectivity index (χ2v) is 6.08. The number of amides is 1. The highest BCUT2D eigenvalue weighted by Gasteiger charge is 2.38. The number of nitrogens with one attached hydrogen (secondary N) is 1. The molecule has 0 aromatic heterocycles. The molecule has 0 aliphatic rings. The molecule has 0 bridgehead atoms. The fourth-order valence-electron chi connectivity index (χ4n) is 1.80. The van der Waals surface area contributed by atoms with Gasteiger partial charge in [-0.25, -0.2) is 13.6 Å². The summed E-state index contributed by atoms with van der Waals surface area (Å²) < 4.78 is 62.4. The minimum atomic E-state index is -5.08. The van der Waals surface area contributed by atoms with Gasteiger partial charge in [-0.1, -0.05) is 11.6 Å². The smallest absolute Gasteiger partial charge is 0.488 e. The Labute approximate surface area is 178 Å². The first-order valence-corrected chi connectivity index (χ1v) is 8.63. The Morgan fingerprint density at radius 3 is 2.19 bits per heavy atom. The molecule has 0 saturated carbocycles. The van der Waals surface area contributed by atoms with Crippen molar-refractivity contribution in [1.82, 2.24) is 0 Å². The van der Waals surface area contributed by atoms with E-state index in [2.05, 4.69) is 5.32 Å². The van der Waals surface area contributed by atoms with Gasteiger partial charge in [0, 0.05) is 23.4 Å². The SMILES string of the molecule is NCC(=CF)COc1ccc(C(=O)Nc2ccc(F)cc2)cc1Cl.O=C(O)C(F)(F)F. The summed E-state index contributed by atoms with van der Waals surface area (Å²) in [6.45, 7) is 0.000120. The van der Waals surface area contributed by atoms with Gasteiger partial charge in [-0.15, -0.1) is 0 Å². The zero-order valence-electron chi connectivity index (χ0n) is 15.6. The van der Waals surface area contributed by atoms with E-state index in [1.807, 2.05) is 0 Å². The van der Waals surface area contributed by atoms with E-state index < -0.39 is 23.9 Å². The molecule has 0 aliphatic heterocycles. The van der Waals surface area contributed by atoms with Crippen LogP contribution in [-0.2, 0) is 4.79 Å². The number of rotatable bonds is 6. The lowest BCUT2D eigenvalue weighted by atomic mass is 10.2. The number of hydrogen-bond donors (Lipinski definition) is 3. The van der Waals surface area contributed by atoms with E-state index >= 15 is 0 Å². The van der Waals surface area contributed by atoms with Crippen LogP contribution >= 0.6 is 11.6 Å². The normalized spacial score (nSPS) is 11.3. The Hall–Kier alpha value is -3.18. The Morgan fingerprint density at radius 2 is 1.74 bits per heavy atom. The molecule has 4 N–H and O–H groups in total. The lowest BCUT2D eigenvalue weighted by Gasteiger charge is -2.10. The maximum atomic E-state index is 12.8. The Kier molecular flexibility index (Phi) is 9.90. The van der Waals surface area contributed by atoms with E-state index in [-0.39, 0.29) is 23.7 Å². The third kappa shape index (κ3) is 9.01. The molecule has 0 fully saturated rings. The van der Waals surface area contributed by atoms with E-state index in [1.165, 1.54) is 42.5 Å². The van der Waals surface area contributed by atoms with Gasteiger partial charge in [0.05, 0.1) is 11.4 Å². The molecule has 31 heavy (non-hydrogen) atoms. The van der Waals surface area contributed by atoms with E-state index in [0.717, 1.165) is 0 Å². The predicted octanol–water partition coefficient (Wildman–Crippen LogP) is 4.56. The summed E-state index contributed by atoms with van der Waals surface area (Å²) in [4.78, 5) is 21.0. The monoisotopic (exact) mass is 466 g/mol. The summed E-state index contributed by atoms with van der Waals surface area (Å²) in [5, 5.41) is 9.95. The van der Waals surface area contributed by atoms with Gasteiger partial charge in [-0.2, -0.15) is 13.2 Å². The summed E-state index contributed by atoms with van der Waals surface area (Å²) in [6, 6.07) is 9.83. The maximum absolute atomic E-state index is 12.8. The van der Waals surface area contributed by atoms with Gasteiger partial charge in [0.25, 0.3) is 5.91 Å². The van der Waals surface area contributed by atoms with Gasteiger partial charge in [0.1, 0.15) is 18.2 Å². The van der Waals surface area contributed by atoms with E-state index in [1.54, 1.807) is 0 Å². The number of carbonyl (C=O) groups is 2. The molecule has 2 rings (SSSR count). The second-order valence-electron chi connectivity index (χ2n) is 5.67. The number of anilines is 1. The second kappa shape index (κ2) is 11.9. The van der Waals surface area contributed by atoms with Crippen LogP contribution < -0.4 is 15.8 Å². The zero-order chi connectivity index (χ0) is 23.6. The average Bonchev–Trinajstić information content (AvgIpc) is 2.71. The molecule has 2 aromatic carbocycles. The largest absolute Gasteiger partial charge is 0.490 e. The summed E-state index contributed by atoms with van der Waals surface area (Å²) in [7, 11) is 0. The fourth-order valence-corrected chi connectivity index (χ4v) is 2.04. The zero-order valence-corrected chi connectivity index (χ0v) is 16.3. The molecule has 2 aromatic rings. The number of halogens is 6. The van der Waals surface area contributed by atoms with Gasteiger partial charge < -0.3 is 20.9 Å². The molecule has 0 atom stereocenters. The minimum absolute atomic E-state index is 0.0339. The van der Waals surface area contributed by atoms with Crippen molar-refractivity contribution in [3.63, 3.8) is 0 Å². The number of benzene rings is 2. The van der Waals surface area contributed by atoms with Gasteiger partial charge in [-0.3, -0.25) is 4.79 Å². The maximum Gasteiger partial charge on any atom is 0.490 e. The van der Waals surface area contributed by atoms with Crippen molar-refractivity contribution in [3.8, 4) is 5.75 Å². The highest BCUT2D eigenvalue weighted by Crippen LogP contribution is 2.26. The third-order valence-electron chi connectivity index (χ3n) is 3.37. The summed E-state index contributed by atoms with van der Waals surface area (Å²) >= 11 is 6.07. The van der Waals surface area contributed by atoms with Crippen LogP contribution in [0.1, 0.15) is 10.4 Å². The van der Waals surface area contributed by atoms with Crippen molar-refractivity contribution in [1.29, 1.82) is 0 Å². The molecule has 0 saturated heterocycles. The number of carbonyl (C=O) groups excluding carboxylic acids is 1. The van der Waals surface area contributed by atoms with E-state index in [0.29, 0.717) is 23.3 Å². The first kappa shape index (κ1) is 25.9. The summed E-state index contributed by atoms with van der Waals surface area (Å²) in [5.74, 6) is -3.24. The molecular weight excluding hydrogens is 451 g/mol. The molecule has 12 heteroatoms. The molecule has 0 aliphatic carbocycles. The summed E-state index contributed by atoms with van der Waals surface area (Å²) in [6.07, 6.45) is -4.70. The Bertz CT molecular complexity index is 934.